The van der Waals surface area contributed by atoms with Crippen LogP contribution in [0.1, 0.15) is 40.0 Å². The van der Waals surface area contributed by atoms with Gasteiger partial charge in [-0.15, -0.1) is 0 Å². The molecule has 0 aliphatic rings. The predicted molar refractivity (Wildman–Crippen MR) is 70.1 cm³/mol. The Kier molecular flexibility index (Phi) is 7.90. The summed E-state index contributed by atoms with van der Waals surface area (Å²) in [6, 6.07) is -0.375. The maximum Gasteiger partial charge on any atom is 0.407 e. The Labute approximate surface area is 113 Å². The molecule has 2 amide bonds. The number of amides is 2. The number of hydrogen-bond donors (Lipinski definition) is 4. The van der Waals surface area contributed by atoms with Gasteiger partial charge in [-0.1, -0.05) is 0 Å². The van der Waals surface area contributed by atoms with Gasteiger partial charge in [-0.3, -0.25) is 0 Å². The third-order valence-electron chi connectivity index (χ3n) is 2.20. The highest BCUT2D eigenvalue weighted by atomic mass is 16.6. The average molecular weight is 276 g/mol. The van der Waals surface area contributed by atoms with E-state index in [9.17, 15) is 9.59 Å². The maximum atomic E-state index is 11.5. The molecule has 112 valence electrons. The van der Waals surface area contributed by atoms with E-state index in [1.807, 2.05) is 0 Å². The largest absolute Gasteiger partial charge is 0.465 e. The number of aliphatic hydroxyl groups excluding tert-OH is 1. The van der Waals surface area contributed by atoms with Crippen LogP contribution >= 0.6 is 0 Å². The van der Waals surface area contributed by atoms with E-state index in [0.717, 1.165) is 0 Å². The topological polar surface area (TPSA) is 108 Å². The average Bonchev–Trinajstić information content (AvgIpc) is 2.24. The summed E-state index contributed by atoms with van der Waals surface area (Å²) in [5, 5.41) is 22.3. The lowest BCUT2D eigenvalue weighted by atomic mass is 10.1. The molecule has 0 aromatic rings. The zero-order chi connectivity index (χ0) is 14.9. The molecule has 0 spiro atoms. The van der Waals surface area contributed by atoms with Crippen molar-refractivity contribution in [3.8, 4) is 0 Å². The molecular formula is C12H24N2O5. The Morgan fingerprint density at radius 3 is 2.37 bits per heavy atom. The van der Waals surface area contributed by atoms with Gasteiger partial charge in [0, 0.05) is 6.54 Å². The van der Waals surface area contributed by atoms with Crippen LogP contribution in [0, 0.1) is 0 Å². The molecule has 0 fully saturated rings. The van der Waals surface area contributed by atoms with Crippen LogP contribution in [0.5, 0.6) is 0 Å². The molecular weight excluding hydrogens is 252 g/mol. The molecule has 0 aromatic heterocycles. The van der Waals surface area contributed by atoms with Crippen LogP contribution in [0.25, 0.3) is 0 Å². The van der Waals surface area contributed by atoms with Crippen molar-refractivity contribution in [2.45, 2.75) is 51.7 Å². The lowest BCUT2D eigenvalue weighted by molar-refractivity contribution is 0.0478. The van der Waals surface area contributed by atoms with Crippen molar-refractivity contribution in [2.75, 3.05) is 13.2 Å². The number of hydrogen-bond acceptors (Lipinski definition) is 4. The summed E-state index contributed by atoms with van der Waals surface area (Å²) in [5.41, 5.74) is -0.574. The lowest BCUT2D eigenvalue weighted by Gasteiger charge is -2.22. The molecule has 7 nitrogen and oxygen atoms in total. The quantitative estimate of drug-likeness (QED) is 0.524. The number of rotatable bonds is 7. The number of unbranched alkanes of at least 4 members (excludes halogenated alkanes) is 1. The number of aliphatic hydroxyl groups is 1. The van der Waals surface area contributed by atoms with Gasteiger partial charge in [0.25, 0.3) is 0 Å². The fraction of sp³-hybridized carbons (Fsp3) is 0.833. The van der Waals surface area contributed by atoms with E-state index in [2.05, 4.69) is 10.6 Å². The van der Waals surface area contributed by atoms with Gasteiger partial charge in [0.15, 0.2) is 0 Å². The minimum absolute atomic E-state index is 0.175. The van der Waals surface area contributed by atoms with Crippen LogP contribution in [0.15, 0.2) is 0 Å². The maximum absolute atomic E-state index is 11.5. The van der Waals surface area contributed by atoms with Crippen molar-refractivity contribution in [3.63, 3.8) is 0 Å². The highest BCUT2D eigenvalue weighted by molar-refractivity contribution is 5.68. The van der Waals surface area contributed by atoms with Crippen LogP contribution in [-0.2, 0) is 4.74 Å². The second-order valence-electron chi connectivity index (χ2n) is 5.25. The van der Waals surface area contributed by atoms with Crippen LogP contribution < -0.4 is 10.6 Å². The van der Waals surface area contributed by atoms with E-state index < -0.39 is 17.8 Å². The standard InChI is InChI=1S/C12H24N2O5/c1-12(2,3)19-11(18)14-9(8-15)6-4-5-7-13-10(16)17/h9,13,15H,4-8H2,1-3H3,(H,14,18)(H,16,17)/t9-/m0/s1. The summed E-state index contributed by atoms with van der Waals surface area (Å²) < 4.78 is 5.08. The molecule has 0 radical (unpaired) electrons. The first-order valence-electron chi connectivity index (χ1n) is 6.32. The molecule has 7 heteroatoms. The monoisotopic (exact) mass is 276 g/mol. The van der Waals surface area contributed by atoms with Crippen LogP contribution in [0.4, 0.5) is 9.59 Å². The van der Waals surface area contributed by atoms with Crippen LogP contribution in [0.3, 0.4) is 0 Å². The summed E-state index contributed by atoms with van der Waals surface area (Å²) in [4.78, 5) is 21.7. The van der Waals surface area contributed by atoms with Gasteiger partial charge in [0.05, 0.1) is 12.6 Å². The smallest absolute Gasteiger partial charge is 0.407 e. The van der Waals surface area contributed by atoms with Crippen molar-refractivity contribution < 1.29 is 24.5 Å². The number of carbonyl (C=O) groups is 2. The van der Waals surface area contributed by atoms with E-state index in [4.69, 9.17) is 14.9 Å². The molecule has 0 unspecified atom stereocenters. The zero-order valence-electron chi connectivity index (χ0n) is 11.7. The first-order chi connectivity index (χ1) is 8.74. The van der Waals surface area contributed by atoms with Gasteiger partial charge >= 0.3 is 12.2 Å². The van der Waals surface area contributed by atoms with Crippen LogP contribution in [0.2, 0.25) is 0 Å². The van der Waals surface area contributed by atoms with Gasteiger partial charge in [-0.2, -0.15) is 0 Å². The summed E-state index contributed by atoms with van der Waals surface area (Å²) in [6.07, 6.45) is 0.303. The van der Waals surface area contributed by atoms with Crippen molar-refractivity contribution in [1.82, 2.24) is 10.6 Å². The molecule has 0 aromatic carbocycles. The van der Waals surface area contributed by atoms with Gasteiger partial charge < -0.3 is 25.6 Å². The molecule has 1 atom stereocenters. The van der Waals surface area contributed by atoms with Gasteiger partial charge in [0.2, 0.25) is 0 Å². The fourth-order valence-corrected chi connectivity index (χ4v) is 1.39. The number of nitrogens with one attached hydrogen (secondary N) is 2. The molecule has 19 heavy (non-hydrogen) atoms. The lowest BCUT2D eigenvalue weighted by Crippen LogP contribution is -2.41. The molecule has 0 aliphatic heterocycles. The molecule has 0 saturated carbocycles. The van der Waals surface area contributed by atoms with Gasteiger partial charge in [0.1, 0.15) is 5.60 Å². The third-order valence-corrected chi connectivity index (χ3v) is 2.20. The highest BCUT2D eigenvalue weighted by Gasteiger charge is 2.18. The number of ether oxygens (including phenoxy) is 1. The van der Waals surface area contributed by atoms with Crippen molar-refractivity contribution >= 4 is 12.2 Å². The van der Waals surface area contributed by atoms with E-state index in [-0.39, 0.29) is 12.6 Å². The molecule has 4 N–H and O–H groups in total. The summed E-state index contributed by atoms with van der Waals surface area (Å²) >= 11 is 0. The third kappa shape index (κ3) is 11.3. The van der Waals surface area contributed by atoms with E-state index in [1.54, 1.807) is 20.8 Å². The Balaban J connectivity index is 3.82. The molecule has 0 bridgehead atoms. The van der Waals surface area contributed by atoms with E-state index in [0.29, 0.717) is 25.8 Å². The number of carboxylic acid groups (broad SMARTS) is 1. The predicted octanol–water partition coefficient (Wildman–Crippen LogP) is 1.31. The molecule has 0 rings (SSSR count). The second kappa shape index (κ2) is 8.58. The summed E-state index contributed by atoms with van der Waals surface area (Å²) in [7, 11) is 0. The Morgan fingerprint density at radius 1 is 1.26 bits per heavy atom. The molecule has 0 saturated heterocycles. The minimum Gasteiger partial charge on any atom is -0.465 e. The normalized spacial score (nSPS) is 12.6. The highest BCUT2D eigenvalue weighted by Crippen LogP contribution is 2.08. The minimum atomic E-state index is -1.05. The van der Waals surface area contributed by atoms with Crippen molar-refractivity contribution in [3.05, 3.63) is 0 Å². The Hall–Kier alpha value is -1.50. The first-order valence-corrected chi connectivity index (χ1v) is 6.32. The first kappa shape index (κ1) is 17.5. The SMILES string of the molecule is CC(C)(C)OC(=O)N[C@H](CO)CCCCNC(=O)O. The van der Waals surface area contributed by atoms with E-state index in [1.165, 1.54) is 0 Å². The fourth-order valence-electron chi connectivity index (χ4n) is 1.39. The van der Waals surface area contributed by atoms with Crippen LogP contribution in [-0.4, -0.2) is 47.2 Å². The number of carbonyl (C=O) groups excluding carboxylic acids is 1. The van der Waals surface area contributed by atoms with Crippen molar-refractivity contribution in [1.29, 1.82) is 0 Å². The zero-order valence-corrected chi connectivity index (χ0v) is 11.7. The number of alkyl carbamates (subject to hydrolysis) is 1. The molecule has 0 aliphatic carbocycles. The van der Waals surface area contributed by atoms with Gasteiger partial charge in [-0.25, -0.2) is 9.59 Å². The summed E-state index contributed by atoms with van der Waals surface area (Å²) in [6.45, 7) is 5.47. The Morgan fingerprint density at radius 2 is 1.89 bits per heavy atom. The summed E-state index contributed by atoms with van der Waals surface area (Å²) in [5.74, 6) is 0. The Bertz CT molecular complexity index is 288. The molecule has 0 heterocycles. The van der Waals surface area contributed by atoms with Gasteiger partial charge in [-0.05, 0) is 40.0 Å². The van der Waals surface area contributed by atoms with E-state index >= 15 is 0 Å². The van der Waals surface area contributed by atoms with Crippen molar-refractivity contribution in [2.24, 2.45) is 0 Å². The second-order valence-corrected chi connectivity index (χ2v) is 5.25.